The molecule has 10 nitrogen and oxygen atoms in total. The van der Waals surface area contributed by atoms with E-state index in [4.69, 9.17) is 0 Å². The Balaban J connectivity index is 1.78. The van der Waals surface area contributed by atoms with Crippen LogP contribution in [0.4, 0.5) is 0 Å². The molecule has 0 spiro atoms. The van der Waals surface area contributed by atoms with Crippen LogP contribution < -0.4 is 21.9 Å². The summed E-state index contributed by atoms with van der Waals surface area (Å²) < 4.78 is 3.75. The van der Waals surface area contributed by atoms with E-state index < -0.39 is 5.69 Å². The number of benzene rings is 2. The predicted octanol–water partition coefficient (Wildman–Crippen LogP) is 2.24. The van der Waals surface area contributed by atoms with Crippen LogP contribution >= 0.6 is 0 Å². The quantitative estimate of drug-likeness (QED) is 0.393. The zero-order valence-electron chi connectivity index (χ0n) is 20.8. The van der Waals surface area contributed by atoms with Gasteiger partial charge in [-0.3, -0.25) is 19.0 Å². The first-order chi connectivity index (χ1) is 17.2. The van der Waals surface area contributed by atoms with Crippen molar-refractivity contribution in [2.75, 3.05) is 0 Å². The highest BCUT2D eigenvalue weighted by Gasteiger charge is 2.21. The summed E-state index contributed by atoms with van der Waals surface area (Å²) in [4.78, 5) is 52.0. The fraction of sp³-hybridized carbons (Fsp3) is 0.346. The van der Waals surface area contributed by atoms with Gasteiger partial charge in [-0.05, 0) is 51.0 Å². The van der Waals surface area contributed by atoms with Crippen molar-refractivity contribution >= 4 is 28.5 Å². The Kier molecular flexibility index (Phi) is 7.05. The highest BCUT2D eigenvalue weighted by molar-refractivity contribution is 5.98. The number of nitrogens with one attached hydrogen (secondary N) is 2. The van der Waals surface area contributed by atoms with E-state index in [2.05, 4.69) is 15.7 Å². The molecule has 188 valence electrons. The Morgan fingerprint density at radius 2 is 1.75 bits per heavy atom. The maximum atomic E-state index is 13.4. The monoisotopic (exact) mass is 490 g/mol. The van der Waals surface area contributed by atoms with Gasteiger partial charge in [-0.15, -0.1) is 5.10 Å². The maximum Gasteiger partial charge on any atom is 0.352 e. The van der Waals surface area contributed by atoms with E-state index in [0.29, 0.717) is 12.1 Å². The Hall–Kier alpha value is -4.21. The first-order valence-electron chi connectivity index (χ1n) is 12.0. The van der Waals surface area contributed by atoms with Crippen LogP contribution in [0.3, 0.4) is 0 Å². The van der Waals surface area contributed by atoms with Crippen LogP contribution in [0.25, 0.3) is 16.7 Å². The van der Waals surface area contributed by atoms with Gasteiger partial charge in [0.05, 0.1) is 10.9 Å². The summed E-state index contributed by atoms with van der Waals surface area (Å²) in [7, 11) is 0. The van der Waals surface area contributed by atoms with Gasteiger partial charge < -0.3 is 10.6 Å². The third-order valence-electron chi connectivity index (χ3n) is 6.12. The predicted molar refractivity (Wildman–Crippen MR) is 137 cm³/mol. The fourth-order valence-corrected chi connectivity index (χ4v) is 3.99. The van der Waals surface area contributed by atoms with Crippen molar-refractivity contribution in [3.05, 3.63) is 80.5 Å². The van der Waals surface area contributed by atoms with E-state index in [1.54, 1.807) is 12.1 Å². The number of carbonyl (C=O) groups is 2. The fourth-order valence-electron chi connectivity index (χ4n) is 3.99. The lowest BCUT2D eigenvalue weighted by atomic mass is 10.1. The molecule has 2 aromatic heterocycles. The summed E-state index contributed by atoms with van der Waals surface area (Å²) in [5.74, 6) is -0.572. The van der Waals surface area contributed by atoms with Crippen molar-refractivity contribution in [1.29, 1.82) is 0 Å². The molecule has 36 heavy (non-hydrogen) atoms. The second kappa shape index (κ2) is 10.2. The molecule has 0 saturated carbocycles. The molecule has 0 aliphatic rings. The zero-order valence-corrected chi connectivity index (χ0v) is 20.8. The smallest absolute Gasteiger partial charge is 0.350 e. The van der Waals surface area contributed by atoms with Gasteiger partial charge in [0.2, 0.25) is 11.7 Å². The molecule has 2 N–H and O–H groups in total. The number of nitrogens with zero attached hydrogens (tertiary/aromatic N) is 4. The Labute approximate surface area is 207 Å². The van der Waals surface area contributed by atoms with Gasteiger partial charge in [-0.1, -0.05) is 37.3 Å². The minimum absolute atomic E-state index is 0.0259. The third kappa shape index (κ3) is 4.79. The van der Waals surface area contributed by atoms with Gasteiger partial charge in [-0.2, -0.15) is 0 Å². The number of carbonyl (C=O) groups excluding carboxylic acids is 2. The molecule has 4 rings (SSSR count). The minimum Gasteiger partial charge on any atom is -0.350 e. The lowest BCUT2D eigenvalue weighted by Gasteiger charge is -2.14. The second-order valence-electron chi connectivity index (χ2n) is 9.12. The number of aromatic nitrogens is 4. The molecule has 0 aliphatic heterocycles. The molecule has 1 atom stereocenters. The molecular formula is C26H30N6O4. The van der Waals surface area contributed by atoms with Gasteiger partial charge in [0.1, 0.15) is 6.54 Å². The summed E-state index contributed by atoms with van der Waals surface area (Å²) in [6.07, 6.45) is 0.765. The van der Waals surface area contributed by atoms with E-state index in [-0.39, 0.29) is 52.7 Å². The first-order valence-corrected chi connectivity index (χ1v) is 12.0. The van der Waals surface area contributed by atoms with Gasteiger partial charge in [0.25, 0.3) is 11.5 Å². The maximum absolute atomic E-state index is 13.4. The van der Waals surface area contributed by atoms with Crippen molar-refractivity contribution in [1.82, 2.24) is 29.4 Å². The van der Waals surface area contributed by atoms with Crippen molar-refractivity contribution < 1.29 is 9.59 Å². The molecule has 2 amide bonds. The average molecular weight is 491 g/mol. The van der Waals surface area contributed by atoms with Gasteiger partial charge >= 0.3 is 5.69 Å². The summed E-state index contributed by atoms with van der Waals surface area (Å²) in [6.45, 7) is 7.50. The molecule has 0 fully saturated rings. The van der Waals surface area contributed by atoms with Crippen LogP contribution in [-0.2, 0) is 17.9 Å². The minimum atomic E-state index is -0.571. The Morgan fingerprint density at radius 3 is 2.42 bits per heavy atom. The topological polar surface area (TPSA) is 120 Å². The van der Waals surface area contributed by atoms with Crippen LogP contribution in [-0.4, -0.2) is 36.6 Å². The first kappa shape index (κ1) is 24.9. The number of hydrogen-bond donors (Lipinski definition) is 2. The highest BCUT2D eigenvalue weighted by atomic mass is 16.2. The van der Waals surface area contributed by atoms with Crippen molar-refractivity contribution in [2.24, 2.45) is 0 Å². The number of amides is 2. The highest BCUT2D eigenvalue weighted by Crippen LogP contribution is 2.17. The molecule has 2 heterocycles. The molecule has 4 aromatic rings. The second-order valence-corrected chi connectivity index (χ2v) is 9.12. The van der Waals surface area contributed by atoms with Gasteiger partial charge in [0.15, 0.2) is 0 Å². The van der Waals surface area contributed by atoms with E-state index in [9.17, 15) is 19.2 Å². The van der Waals surface area contributed by atoms with Crippen molar-refractivity contribution in [2.45, 2.75) is 59.3 Å². The normalized spacial score (nSPS) is 12.2. The van der Waals surface area contributed by atoms with Crippen LogP contribution in [0.2, 0.25) is 0 Å². The molecular weight excluding hydrogens is 460 g/mol. The standard InChI is InChI=1S/C26H30N6O4/c1-5-17(4)28-23(34)19-11-12-20-21(13-19)32-25(31(16(2)3)24(20)35)29-30(26(32)36)15-22(33)27-14-18-9-7-6-8-10-18/h6-13,16-17H,5,14-15H2,1-4H3,(H,27,33)(H,28,34). The molecule has 0 saturated heterocycles. The van der Waals surface area contributed by atoms with Gasteiger partial charge in [-0.25, -0.2) is 13.9 Å². The molecule has 0 aliphatic carbocycles. The van der Waals surface area contributed by atoms with Crippen LogP contribution in [0.5, 0.6) is 0 Å². The summed E-state index contributed by atoms with van der Waals surface area (Å²) in [5, 5.41) is 10.3. The largest absolute Gasteiger partial charge is 0.352 e. The van der Waals surface area contributed by atoms with Crippen LogP contribution in [0.15, 0.2) is 58.1 Å². The summed E-state index contributed by atoms with van der Waals surface area (Å²) in [6, 6.07) is 13.8. The molecule has 10 heteroatoms. The summed E-state index contributed by atoms with van der Waals surface area (Å²) in [5.41, 5.74) is 0.623. The Morgan fingerprint density at radius 1 is 1.03 bits per heavy atom. The van der Waals surface area contributed by atoms with Crippen molar-refractivity contribution in [3.8, 4) is 0 Å². The number of rotatable bonds is 8. The van der Waals surface area contributed by atoms with E-state index in [0.717, 1.165) is 16.7 Å². The molecule has 1 unspecified atom stereocenters. The van der Waals surface area contributed by atoms with Crippen LogP contribution in [0, 0.1) is 0 Å². The van der Waals surface area contributed by atoms with E-state index in [1.807, 2.05) is 58.0 Å². The average Bonchev–Trinajstić information content (AvgIpc) is 3.18. The SMILES string of the molecule is CCC(C)NC(=O)c1ccc2c(=O)n(C(C)C)c3nn(CC(=O)NCc4ccccc4)c(=O)n3c2c1. The molecule has 0 bridgehead atoms. The Bertz CT molecular complexity index is 1550. The molecule has 0 radical (unpaired) electrons. The van der Waals surface area contributed by atoms with E-state index in [1.165, 1.54) is 15.0 Å². The van der Waals surface area contributed by atoms with Crippen LogP contribution in [0.1, 0.15) is 56.1 Å². The summed E-state index contributed by atoms with van der Waals surface area (Å²) >= 11 is 0. The zero-order chi connectivity index (χ0) is 26.0. The lowest BCUT2D eigenvalue weighted by Crippen LogP contribution is -2.33. The lowest BCUT2D eigenvalue weighted by molar-refractivity contribution is -0.122. The van der Waals surface area contributed by atoms with Crippen molar-refractivity contribution in [3.63, 3.8) is 0 Å². The number of fused-ring (bicyclic) bond motifs is 3. The van der Waals surface area contributed by atoms with Gasteiger partial charge in [0, 0.05) is 24.2 Å². The number of hydrogen-bond acceptors (Lipinski definition) is 5. The third-order valence-corrected chi connectivity index (χ3v) is 6.12. The van der Waals surface area contributed by atoms with E-state index >= 15 is 0 Å². The molecule has 2 aromatic carbocycles.